The Labute approximate surface area is 196 Å². The third-order valence-electron chi connectivity index (χ3n) is 6.08. The van der Waals surface area contributed by atoms with Crippen LogP contribution in [-0.4, -0.2) is 35.8 Å². The molecule has 0 bridgehead atoms. The van der Waals surface area contributed by atoms with Gasteiger partial charge in [-0.25, -0.2) is 0 Å². The Hall–Kier alpha value is -2.67. The van der Waals surface area contributed by atoms with Crippen molar-refractivity contribution in [1.82, 2.24) is 15.1 Å². The highest BCUT2D eigenvalue weighted by Gasteiger charge is 2.34. The van der Waals surface area contributed by atoms with Gasteiger partial charge in [0.25, 0.3) is 0 Å². The van der Waals surface area contributed by atoms with Crippen molar-refractivity contribution in [2.24, 2.45) is 17.0 Å². The number of aliphatic imine (C=N–C) groups is 2. The van der Waals surface area contributed by atoms with Crippen molar-refractivity contribution in [2.75, 3.05) is 13.6 Å². The maximum Gasteiger partial charge on any atom is 0.145 e. The van der Waals surface area contributed by atoms with Crippen LogP contribution >= 0.6 is 23.2 Å². The lowest BCUT2D eigenvalue weighted by Crippen LogP contribution is -2.24. The molecule has 0 spiro atoms. The Morgan fingerprint density at radius 3 is 2.84 bits per heavy atom. The molecular weight excluding hydrogens is 445 g/mol. The van der Waals surface area contributed by atoms with Crippen LogP contribution in [0.1, 0.15) is 39.7 Å². The van der Waals surface area contributed by atoms with E-state index >= 15 is 0 Å². The molecule has 5 rings (SSSR count). The summed E-state index contributed by atoms with van der Waals surface area (Å²) in [5.41, 5.74) is 7.61. The van der Waals surface area contributed by atoms with E-state index in [0.29, 0.717) is 15.7 Å². The van der Waals surface area contributed by atoms with Crippen LogP contribution in [-0.2, 0) is 26.4 Å². The van der Waals surface area contributed by atoms with Crippen LogP contribution in [0, 0.1) is 0 Å². The first-order valence-electron chi connectivity index (χ1n) is 10.5. The van der Waals surface area contributed by atoms with E-state index in [1.54, 1.807) is 13.1 Å². The lowest BCUT2D eigenvalue weighted by atomic mass is 9.96. The van der Waals surface area contributed by atoms with Gasteiger partial charge in [0.05, 0.1) is 22.8 Å². The van der Waals surface area contributed by atoms with Crippen molar-refractivity contribution in [3.05, 3.63) is 74.0 Å². The van der Waals surface area contributed by atoms with Gasteiger partial charge in [0, 0.05) is 72.3 Å². The number of ether oxygens (including phenoxy) is 1. The molecule has 1 aromatic heterocycles. The molecule has 0 fully saturated rings. The van der Waals surface area contributed by atoms with Gasteiger partial charge < -0.3 is 10.1 Å². The van der Waals surface area contributed by atoms with Crippen molar-refractivity contribution in [3.8, 4) is 5.75 Å². The Kier molecular flexibility index (Phi) is 5.53. The van der Waals surface area contributed by atoms with E-state index in [1.807, 2.05) is 36.0 Å². The van der Waals surface area contributed by atoms with Gasteiger partial charge >= 0.3 is 0 Å². The average Bonchev–Trinajstić information content (AvgIpc) is 3.34. The lowest BCUT2D eigenvalue weighted by molar-refractivity contribution is 0.225. The molecule has 1 N–H and O–H groups in total. The minimum atomic E-state index is -0.135. The van der Waals surface area contributed by atoms with E-state index in [4.69, 9.17) is 33.0 Å². The zero-order valence-electron chi connectivity index (χ0n) is 18.0. The van der Waals surface area contributed by atoms with Crippen LogP contribution in [0.2, 0.25) is 10.0 Å². The molecule has 0 saturated heterocycles. The van der Waals surface area contributed by atoms with E-state index in [0.717, 1.165) is 65.5 Å². The van der Waals surface area contributed by atoms with Crippen LogP contribution in [0.5, 0.6) is 5.75 Å². The third-order valence-corrected chi connectivity index (χ3v) is 6.54. The quantitative estimate of drug-likeness (QED) is 0.557. The second-order valence-electron chi connectivity index (χ2n) is 8.00. The highest BCUT2D eigenvalue weighted by molar-refractivity contribution is 6.32. The van der Waals surface area contributed by atoms with Gasteiger partial charge in [-0.2, -0.15) is 5.10 Å². The monoisotopic (exact) mass is 467 g/mol. The molecule has 1 unspecified atom stereocenters. The van der Waals surface area contributed by atoms with Crippen molar-refractivity contribution in [2.45, 2.75) is 25.5 Å². The minimum Gasteiger partial charge on any atom is -0.483 e. The fourth-order valence-corrected chi connectivity index (χ4v) is 5.14. The highest BCUT2D eigenvalue weighted by atomic mass is 35.5. The molecule has 164 valence electrons. The molecular formula is C24H23Cl2N5O. The first-order chi connectivity index (χ1) is 15.5. The molecule has 2 aliphatic heterocycles. The van der Waals surface area contributed by atoms with Crippen LogP contribution in [0.3, 0.4) is 0 Å². The third kappa shape index (κ3) is 3.52. The van der Waals surface area contributed by atoms with Crippen LogP contribution in [0.15, 0.2) is 40.3 Å². The summed E-state index contributed by atoms with van der Waals surface area (Å²) in [5.74, 6) is 0.795. The number of fused-ring (bicyclic) bond motifs is 2. The minimum absolute atomic E-state index is 0.135. The summed E-state index contributed by atoms with van der Waals surface area (Å²) in [4.78, 5) is 8.73. The molecule has 8 heteroatoms. The molecule has 0 saturated carbocycles. The molecule has 0 amide bonds. The van der Waals surface area contributed by atoms with Gasteiger partial charge in [0.15, 0.2) is 0 Å². The molecule has 2 aromatic carbocycles. The lowest BCUT2D eigenvalue weighted by Gasteiger charge is -2.18. The summed E-state index contributed by atoms with van der Waals surface area (Å²) in [5, 5.41) is 9.42. The van der Waals surface area contributed by atoms with E-state index in [-0.39, 0.29) is 6.10 Å². The van der Waals surface area contributed by atoms with E-state index in [9.17, 15) is 0 Å². The largest absolute Gasteiger partial charge is 0.483 e. The molecule has 0 aliphatic carbocycles. The summed E-state index contributed by atoms with van der Waals surface area (Å²) in [6.45, 7) is 5.45. The number of hydrogen-bond acceptors (Lipinski definition) is 5. The van der Waals surface area contributed by atoms with Crippen LogP contribution < -0.4 is 10.1 Å². The summed E-state index contributed by atoms with van der Waals surface area (Å²) >= 11 is 12.7. The van der Waals surface area contributed by atoms with Crippen molar-refractivity contribution in [3.63, 3.8) is 0 Å². The molecule has 1 atom stereocenters. The number of benzene rings is 2. The predicted octanol–water partition coefficient (Wildman–Crippen LogP) is 4.85. The summed E-state index contributed by atoms with van der Waals surface area (Å²) in [7, 11) is 3.74. The maximum absolute atomic E-state index is 6.59. The van der Waals surface area contributed by atoms with Gasteiger partial charge in [-0.1, -0.05) is 23.2 Å². The van der Waals surface area contributed by atoms with Crippen molar-refractivity contribution in [1.29, 1.82) is 0 Å². The zero-order chi connectivity index (χ0) is 22.4. The Bertz CT molecular complexity index is 1260. The topological polar surface area (TPSA) is 63.8 Å². The van der Waals surface area contributed by atoms with Gasteiger partial charge in [-0.15, -0.1) is 0 Å². The average molecular weight is 468 g/mol. The second-order valence-corrected chi connectivity index (χ2v) is 8.88. The number of nitrogens with one attached hydrogen (secondary N) is 1. The molecule has 6 nitrogen and oxygen atoms in total. The smallest absolute Gasteiger partial charge is 0.145 e. The summed E-state index contributed by atoms with van der Waals surface area (Å²) < 4.78 is 8.55. The fourth-order valence-electron chi connectivity index (χ4n) is 4.73. The number of nitrogens with zero attached hydrogens (tertiary/aromatic N) is 4. The van der Waals surface area contributed by atoms with E-state index < -0.39 is 0 Å². The molecule has 32 heavy (non-hydrogen) atoms. The van der Waals surface area contributed by atoms with Crippen molar-refractivity contribution >= 4 is 41.3 Å². The SMILES string of the molecule is C=Nc1cc(Cl)ccc1C(=NC)c1cc(Cl)cc2c1OC(c1c3c(nn1C)CCNC3)C2. The van der Waals surface area contributed by atoms with E-state index in [2.05, 4.69) is 22.0 Å². The molecule has 2 aliphatic rings. The van der Waals surface area contributed by atoms with Crippen LogP contribution in [0.25, 0.3) is 0 Å². The Morgan fingerprint density at radius 1 is 1.22 bits per heavy atom. The van der Waals surface area contributed by atoms with Crippen molar-refractivity contribution < 1.29 is 4.74 Å². The number of hydrogen-bond donors (Lipinski definition) is 1. The molecule has 3 aromatic rings. The zero-order valence-corrected chi connectivity index (χ0v) is 19.5. The summed E-state index contributed by atoms with van der Waals surface area (Å²) in [6.07, 6.45) is 1.52. The maximum atomic E-state index is 6.59. The van der Waals surface area contributed by atoms with Gasteiger partial charge in [-0.05, 0) is 37.0 Å². The van der Waals surface area contributed by atoms with Crippen LogP contribution in [0.4, 0.5) is 5.69 Å². The van der Waals surface area contributed by atoms with Gasteiger partial charge in [0.2, 0.25) is 0 Å². The number of aromatic nitrogens is 2. The molecule has 3 heterocycles. The Balaban J connectivity index is 1.59. The van der Waals surface area contributed by atoms with E-state index in [1.165, 1.54) is 5.56 Å². The molecule has 0 radical (unpaired) electrons. The van der Waals surface area contributed by atoms with Gasteiger partial charge in [0.1, 0.15) is 11.9 Å². The summed E-state index contributed by atoms with van der Waals surface area (Å²) in [6, 6.07) is 9.37. The first kappa shape index (κ1) is 21.2. The second kappa shape index (κ2) is 8.35. The predicted molar refractivity (Wildman–Crippen MR) is 129 cm³/mol. The standard InChI is InChI=1S/C24H23Cl2N5O/c1-27-20-11-14(25)4-5-16(20)22(28-2)17-10-15(26)8-13-9-21(32-24(13)17)23-18-12-29-7-6-19(18)30-31(23)3/h4-5,8,10-11,21,29H,1,6-7,9,12H2,2-3H3. The fraction of sp³-hybridized carbons (Fsp3) is 0.292. The highest BCUT2D eigenvalue weighted by Crippen LogP contribution is 2.43. The number of rotatable bonds is 4. The first-order valence-corrected chi connectivity index (χ1v) is 11.2. The normalized spacial score (nSPS) is 17.6. The number of halogens is 2. The Morgan fingerprint density at radius 2 is 2.06 bits per heavy atom. The van der Waals surface area contributed by atoms with Gasteiger partial charge in [-0.3, -0.25) is 14.7 Å². The number of aryl methyl sites for hydroxylation is 1.